The van der Waals surface area contributed by atoms with Crippen LogP contribution in [-0.4, -0.2) is 24.7 Å². The van der Waals surface area contributed by atoms with Crippen LogP contribution in [-0.2, 0) is 13.6 Å². The largest absolute Gasteiger partial charge is 0.505 e. The molecule has 5 nitrogen and oxygen atoms in total. The number of aromatic nitrogens is 4. The molecule has 0 radical (unpaired) electrons. The molecule has 2 aromatic rings. The highest BCUT2D eigenvalue weighted by Crippen LogP contribution is 2.06. The molecule has 0 atom stereocenters. The second-order valence-corrected chi connectivity index (χ2v) is 2.92. The first-order valence-corrected chi connectivity index (χ1v) is 3.93. The van der Waals surface area contributed by atoms with E-state index in [9.17, 15) is 0 Å². The monoisotopic (exact) mass is 178 g/mol. The predicted molar refractivity (Wildman–Crippen MR) is 46.2 cm³/mol. The Balaban J connectivity index is 2.14. The van der Waals surface area contributed by atoms with E-state index in [1.807, 2.05) is 13.2 Å². The zero-order valence-electron chi connectivity index (χ0n) is 7.25. The van der Waals surface area contributed by atoms with E-state index in [-0.39, 0.29) is 5.75 Å². The second kappa shape index (κ2) is 2.93. The third-order valence-electron chi connectivity index (χ3n) is 1.72. The molecular formula is C8H10N4O. The van der Waals surface area contributed by atoms with Crippen LogP contribution in [0.2, 0.25) is 0 Å². The quantitative estimate of drug-likeness (QED) is 0.722. The van der Waals surface area contributed by atoms with Gasteiger partial charge in [0.05, 0.1) is 25.1 Å². The van der Waals surface area contributed by atoms with Gasteiger partial charge in [0.1, 0.15) is 0 Å². The zero-order valence-corrected chi connectivity index (χ0v) is 7.25. The zero-order chi connectivity index (χ0) is 9.26. The molecule has 0 saturated carbocycles. The van der Waals surface area contributed by atoms with Crippen molar-refractivity contribution in [2.45, 2.75) is 6.54 Å². The summed E-state index contributed by atoms with van der Waals surface area (Å²) in [6.45, 7) is 0.633. The number of hydrogen-bond acceptors (Lipinski definition) is 3. The molecule has 13 heavy (non-hydrogen) atoms. The van der Waals surface area contributed by atoms with E-state index in [0.29, 0.717) is 6.54 Å². The Hall–Kier alpha value is -1.78. The summed E-state index contributed by atoms with van der Waals surface area (Å²) in [4.78, 5) is 0. The smallest absolute Gasteiger partial charge is 0.153 e. The molecule has 0 spiro atoms. The van der Waals surface area contributed by atoms with Gasteiger partial charge in [0, 0.05) is 18.8 Å². The minimum atomic E-state index is 0.184. The van der Waals surface area contributed by atoms with Gasteiger partial charge < -0.3 is 5.11 Å². The van der Waals surface area contributed by atoms with Gasteiger partial charge in [0.15, 0.2) is 5.75 Å². The summed E-state index contributed by atoms with van der Waals surface area (Å²) >= 11 is 0. The maximum atomic E-state index is 9.03. The van der Waals surface area contributed by atoms with Crippen molar-refractivity contribution in [3.8, 4) is 5.75 Å². The minimum absolute atomic E-state index is 0.184. The third-order valence-corrected chi connectivity index (χ3v) is 1.72. The Kier molecular flexibility index (Phi) is 1.77. The molecule has 2 rings (SSSR count). The fourth-order valence-corrected chi connectivity index (χ4v) is 1.18. The number of aryl methyl sites for hydroxylation is 1. The van der Waals surface area contributed by atoms with Crippen molar-refractivity contribution in [1.82, 2.24) is 19.6 Å². The highest BCUT2D eigenvalue weighted by Gasteiger charge is 1.99. The molecular weight excluding hydrogens is 168 g/mol. The van der Waals surface area contributed by atoms with Gasteiger partial charge in [-0.25, -0.2) is 0 Å². The molecule has 1 N–H and O–H groups in total. The maximum absolute atomic E-state index is 9.03. The van der Waals surface area contributed by atoms with Crippen LogP contribution in [0.4, 0.5) is 0 Å². The van der Waals surface area contributed by atoms with E-state index in [4.69, 9.17) is 5.11 Å². The lowest BCUT2D eigenvalue weighted by molar-refractivity contribution is 0.474. The molecule has 0 aliphatic heterocycles. The Labute approximate surface area is 75.2 Å². The van der Waals surface area contributed by atoms with Crippen LogP contribution in [0.5, 0.6) is 5.75 Å². The molecule has 0 amide bonds. The van der Waals surface area contributed by atoms with E-state index in [0.717, 1.165) is 5.56 Å². The van der Waals surface area contributed by atoms with E-state index < -0.39 is 0 Å². The average Bonchev–Trinajstić information content (AvgIpc) is 2.62. The van der Waals surface area contributed by atoms with Gasteiger partial charge in [-0.3, -0.25) is 9.36 Å². The fraction of sp³-hybridized carbons (Fsp3) is 0.250. The highest BCUT2D eigenvalue weighted by molar-refractivity contribution is 5.11. The first-order valence-electron chi connectivity index (χ1n) is 3.93. The lowest BCUT2D eigenvalue weighted by Gasteiger charge is -1.95. The van der Waals surface area contributed by atoms with Crippen LogP contribution in [0, 0.1) is 0 Å². The molecule has 0 aromatic carbocycles. The summed E-state index contributed by atoms with van der Waals surface area (Å²) in [6, 6.07) is 0. The topological polar surface area (TPSA) is 55.9 Å². The van der Waals surface area contributed by atoms with Crippen LogP contribution < -0.4 is 0 Å². The van der Waals surface area contributed by atoms with Crippen LogP contribution in [0.3, 0.4) is 0 Å². The summed E-state index contributed by atoms with van der Waals surface area (Å²) in [5, 5.41) is 17.0. The molecule has 0 saturated heterocycles. The maximum Gasteiger partial charge on any atom is 0.153 e. The highest BCUT2D eigenvalue weighted by atomic mass is 16.3. The van der Waals surface area contributed by atoms with E-state index >= 15 is 0 Å². The van der Waals surface area contributed by atoms with Crippen molar-refractivity contribution in [2.24, 2.45) is 7.05 Å². The molecule has 0 bridgehead atoms. The minimum Gasteiger partial charge on any atom is -0.505 e. The van der Waals surface area contributed by atoms with Crippen LogP contribution in [0.15, 0.2) is 24.8 Å². The van der Waals surface area contributed by atoms with Crippen molar-refractivity contribution in [3.05, 3.63) is 30.4 Å². The second-order valence-electron chi connectivity index (χ2n) is 2.92. The van der Waals surface area contributed by atoms with Crippen molar-refractivity contribution in [2.75, 3.05) is 0 Å². The molecule has 2 aromatic heterocycles. The summed E-state index contributed by atoms with van der Waals surface area (Å²) in [5.74, 6) is 0.184. The van der Waals surface area contributed by atoms with Gasteiger partial charge in [0.2, 0.25) is 0 Å². The van der Waals surface area contributed by atoms with Gasteiger partial charge >= 0.3 is 0 Å². The Bertz CT molecular complexity index is 365. The SMILES string of the molecule is Cn1cc(Cn2cc(O)cn2)cn1. The van der Waals surface area contributed by atoms with Crippen molar-refractivity contribution in [3.63, 3.8) is 0 Å². The van der Waals surface area contributed by atoms with Gasteiger partial charge in [-0.15, -0.1) is 0 Å². The summed E-state index contributed by atoms with van der Waals surface area (Å²) in [7, 11) is 1.87. The van der Waals surface area contributed by atoms with Gasteiger partial charge in [-0.05, 0) is 0 Å². The first-order chi connectivity index (χ1) is 6.24. The molecule has 2 heterocycles. The van der Waals surface area contributed by atoms with Gasteiger partial charge in [-0.2, -0.15) is 10.2 Å². The van der Waals surface area contributed by atoms with Gasteiger partial charge in [-0.1, -0.05) is 0 Å². The van der Waals surface area contributed by atoms with E-state index in [1.54, 1.807) is 21.8 Å². The third kappa shape index (κ3) is 1.69. The van der Waals surface area contributed by atoms with E-state index in [2.05, 4.69) is 10.2 Å². The van der Waals surface area contributed by atoms with Crippen LogP contribution in [0.25, 0.3) is 0 Å². The average molecular weight is 178 g/mol. The first kappa shape index (κ1) is 7.85. The normalized spacial score (nSPS) is 10.5. The molecule has 0 aliphatic carbocycles. The van der Waals surface area contributed by atoms with Crippen molar-refractivity contribution >= 4 is 0 Å². The Morgan fingerprint density at radius 3 is 2.69 bits per heavy atom. The number of nitrogens with zero attached hydrogens (tertiary/aromatic N) is 4. The van der Waals surface area contributed by atoms with Gasteiger partial charge in [0.25, 0.3) is 0 Å². The predicted octanol–water partition coefficient (Wildman–Crippen LogP) is 0.370. The molecule has 68 valence electrons. The van der Waals surface area contributed by atoms with Crippen LogP contribution in [0.1, 0.15) is 5.56 Å². The summed E-state index contributed by atoms with van der Waals surface area (Å²) < 4.78 is 3.39. The molecule has 5 heteroatoms. The molecule has 0 fully saturated rings. The summed E-state index contributed by atoms with van der Waals surface area (Å²) in [6.07, 6.45) is 6.68. The van der Waals surface area contributed by atoms with Crippen molar-refractivity contribution < 1.29 is 5.11 Å². The number of aromatic hydroxyl groups is 1. The Morgan fingerprint density at radius 1 is 1.31 bits per heavy atom. The van der Waals surface area contributed by atoms with E-state index in [1.165, 1.54) is 6.20 Å². The lowest BCUT2D eigenvalue weighted by Crippen LogP contribution is -1.98. The Morgan fingerprint density at radius 2 is 2.15 bits per heavy atom. The number of rotatable bonds is 2. The summed E-state index contributed by atoms with van der Waals surface area (Å²) in [5.41, 5.74) is 1.06. The molecule has 0 aliphatic rings. The molecule has 0 unspecified atom stereocenters. The number of hydrogen-bond donors (Lipinski definition) is 1. The fourth-order valence-electron chi connectivity index (χ4n) is 1.18. The van der Waals surface area contributed by atoms with Crippen LogP contribution >= 0.6 is 0 Å². The standard InChI is InChI=1S/C8H10N4O/c1-11-4-7(2-9-11)5-12-6-8(13)3-10-12/h2-4,6,13H,5H2,1H3. The lowest BCUT2D eigenvalue weighted by atomic mass is 10.4. The van der Waals surface area contributed by atoms with Crippen molar-refractivity contribution in [1.29, 1.82) is 0 Å².